The number of benzene rings is 1. The predicted octanol–water partition coefficient (Wildman–Crippen LogP) is 4.07. The normalized spacial score (nSPS) is 12.6. The Labute approximate surface area is 143 Å². The van der Waals surface area contributed by atoms with Gasteiger partial charge >= 0.3 is 0 Å². The lowest BCUT2D eigenvalue weighted by atomic mass is 10.1. The summed E-state index contributed by atoms with van der Waals surface area (Å²) < 4.78 is 2.88. The summed E-state index contributed by atoms with van der Waals surface area (Å²) in [6.45, 7) is 2.01. The fourth-order valence-corrected chi connectivity index (χ4v) is 4.07. The zero-order valence-corrected chi connectivity index (χ0v) is 15.5. The smallest absolute Gasteiger partial charge is 0.130 e. The van der Waals surface area contributed by atoms with Gasteiger partial charge in [0, 0.05) is 33.8 Å². The number of nitrogens with one attached hydrogen (secondary N) is 1. The highest BCUT2D eigenvalue weighted by atomic mass is 79.9. The van der Waals surface area contributed by atoms with Gasteiger partial charge in [-0.15, -0.1) is 11.8 Å². The lowest BCUT2D eigenvalue weighted by Crippen LogP contribution is -2.30. The molecule has 1 unspecified atom stereocenters. The Morgan fingerprint density at radius 2 is 2.14 bits per heavy atom. The Bertz CT molecular complexity index is 615. The van der Waals surface area contributed by atoms with Crippen LogP contribution in [0.4, 0.5) is 0 Å². The molecule has 3 nitrogen and oxygen atoms in total. The van der Waals surface area contributed by atoms with Crippen LogP contribution in [0, 0.1) is 6.92 Å². The molecule has 0 aliphatic rings. The van der Waals surface area contributed by atoms with Crippen LogP contribution in [0.2, 0.25) is 5.15 Å². The van der Waals surface area contributed by atoms with E-state index in [1.54, 1.807) is 4.68 Å². The summed E-state index contributed by atoms with van der Waals surface area (Å²) in [6.07, 6.45) is 0.881. The minimum Gasteiger partial charge on any atom is -0.316 e. The molecule has 0 amide bonds. The first-order valence-electron chi connectivity index (χ1n) is 6.75. The van der Waals surface area contributed by atoms with Crippen LogP contribution < -0.4 is 5.32 Å². The first-order valence-corrected chi connectivity index (χ1v) is 8.91. The lowest BCUT2D eigenvalue weighted by molar-refractivity contribution is 0.615. The molecule has 1 heterocycles. The lowest BCUT2D eigenvalue weighted by Gasteiger charge is -2.16. The van der Waals surface area contributed by atoms with E-state index in [1.807, 2.05) is 38.8 Å². The molecule has 6 heteroatoms. The molecule has 0 aliphatic heterocycles. The number of rotatable bonds is 6. The van der Waals surface area contributed by atoms with E-state index in [9.17, 15) is 0 Å². The molecule has 114 valence electrons. The first kappa shape index (κ1) is 16.9. The highest BCUT2D eigenvalue weighted by Crippen LogP contribution is 2.28. The van der Waals surface area contributed by atoms with Gasteiger partial charge in [-0.25, -0.2) is 0 Å². The van der Waals surface area contributed by atoms with E-state index < -0.39 is 0 Å². The predicted molar refractivity (Wildman–Crippen MR) is 94.4 cm³/mol. The highest BCUT2D eigenvalue weighted by molar-refractivity contribution is 9.10. The SMILES string of the molecule is CNC(CSc1ccccc1Br)Cc1c(C)nn(C)c1Cl. The van der Waals surface area contributed by atoms with E-state index in [0.717, 1.165) is 33.1 Å². The van der Waals surface area contributed by atoms with Gasteiger partial charge in [-0.2, -0.15) is 5.10 Å². The van der Waals surface area contributed by atoms with Crippen molar-refractivity contribution < 1.29 is 0 Å². The van der Waals surface area contributed by atoms with Gasteiger partial charge in [0.2, 0.25) is 0 Å². The molecule has 1 aromatic carbocycles. The van der Waals surface area contributed by atoms with E-state index in [4.69, 9.17) is 11.6 Å². The van der Waals surface area contributed by atoms with E-state index in [2.05, 4.69) is 44.5 Å². The molecule has 0 aliphatic carbocycles. The van der Waals surface area contributed by atoms with Gasteiger partial charge in [0.25, 0.3) is 0 Å². The molecule has 0 bridgehead atoms. The van der Waals surface area contributed by atoms with Gasteiger partial charge in [0.15, 0.2) is 0 Å². The number of aryl methyl sites for hydroxylation is 2. The molecule has 0 spiro atoms. The maximum Gasteiger partial charge on any atom is 0.130 e. The third-order valence-electron chi connectivity index (χ3n) is 3.41. The van der Waals surface area contributed by atoms with Crippen molar-refractivity contribution in [1.82, 2.24) is 15.1 Å². The summed E-state index contributed by atoms with van der Waals surface area (Å²) in [5, 5.41) is 8.48. The number of hydrogen-bond donors (Lipinski definition) is 1. The summed E-state index contributed by atoms with van der Waals surface area (Å²) in [5.41, 5.74) is 2.14. The Kier molecular flexibility index (Phi) is 6.17. The van der Waals surface area contributed by atoms with Crippen LogP contribution in [0.25, 0.3) is 0 Å². The summed E-state index contributed by atoms with van der Waals surface area (Å²) in [7, 11) is 3.87. The zero-order chi connectivity index (χ0) is 15.4. The van der Waals surface area contributed by atoms with Crippen LogP contribution in [0.5, 0.6) is 0 Å². The molecule has 1 aromatic heterocycles. The standard InChI is InChI=1S/C15H19BrClN3S/c1-10-12(15(17)20(3)19-10)8-11(18-2)9-21-14-7-5-4-6-13(14)16/h4-7,11,18H,8-9H2,1-3H3. The maximum absolute atomic E-state index is 6.32. The Balaban J connectivity index is 2.02. The molecule has 21 heavy (non-hydrogen) atoms. The van der Waals surface area contributed by atoms with Crippen LogP contribution in [0.3, 0.4) is 0 Å². The van der Waals surface area contributed by atoms with Gasteiger partial charge in [0.05, 0.1) is 5.69 Å². The molecular formula is C15H19BrClN3S. The summed E-state index contributed by atoms with van der Waals surface area (Å²) in [6, 6.07) is 8.64. The van der Waals surface area contributed by atoms with Crippen molar-refractivity contribution in [3.63, 3.8) is 0 Å². The monoisotopic (exact) mass is 387 g/mol. The van der Waals surface area contributed by atoms with Crippen molar-refractivity contribution >= 4 is 39.3 Å². The van der Waals surface area contributed by atoms with Crippen LogP contribution >= 0.6 is 39.3 Å². The van der Waals surface area contributed by atoms with Gasteiger partial charge in [-0.1, -0.05) is 23.7 Å². The number of hydrogen-bond acceptors (Lipinski definition) is 3. The van der Waals surface area contributed by atoms with Crippen molar-refractivity contribution in [2.45, 2.75) is 24.3 Å². The quantitative estimate of drug-likeness (QED) is 0.757. The van der Waals surface area contributed by atoms with Gasteiger partial charge in [-0.3, -0.25) is 4.68 Å². The van der Waals surface area contributed by atoms with Crippen molar-refractivity contribution in [1.29, 1.82) is 0 Å². The molecule has 1 atom stereocenters. The number of nitrogens with zero attached hydrogens (tertiary/aromatic N) is 2. The summed E-state index contributed by atoms with van der Waals surface area (Å²) in [4.78, 5) is 1.26. The van der Waals surface area contributed by atoms with Crippen molar-refractivity contribution in [3.8, 4) is 0 Å². The maximum atomic E-state index is 6.32. The molecule has 0 saturated carbocycles. The molecule has 0 fully saturated rings. The van der Waals surface area contributed by atoms with E-state index in [-0.39, 0.29) is 0 Å². The second-order valence-electron chi connectivity index (χ2n) is 4.91. The van der Waals surface area contributed by atoms with Crippen molar-refractivity contribution in [2.24, 2.45) is 7.05 Å². The average molecular weight is 389 g/mol. The third-order valence-corrected chi connectivity index (χ3v) is 6.07. The minimum atomic E-state index is 0.350. The second kappa shape index (κ2) is 7.68. The Hall–Kier alpha value is -0.490. The fourth-order valence-electron chi connectivity index (χ4n) is 2.15. The topological polar surface area (TPSA) is 29.9 Å². The number of likely N-dealkylation sites (N-methyl/N-ethyl adjacent to an activating group) is 1. The molecule has 1 N–H and O–H groups in total. The van der Waals surface area contributed by atoms with E-state index in [1.165, 1.54) is 4.90 Å². The molecule has 0 saturated heterocycles. The average Bonchev–Trinajstić information content (AvgIpc) is 2.70. The molecule has 2 aromatic rings. The van der Waals surface area contributed by atoms with Gasteiger partial charge in [-0.05, 0) is 48.5 Å². The highest BCUT2D eigenvalue weighted by Gasteiger charge is 2.16. The number of halogens is 2. The minimum absolute atomic E-state index is 0.350. The van der Waals surface area contributed by atoms with Crippen LogP contribution in [-0.4, -0.2) is 28.6 Å². The zero-order valence-electron chi connectivity index (χ0n) is 12.4. The first-order chi connectivity index (χ1) is 10.0. The summed E-state index contributed by atoms with van der Waals surface area (Å²) >= 11 is 11.7. The Morgan fingerprint density at radius 3 is 2.71 bits per heavy atom. The van der Waals surface area contributed by atoms with Crippen LogP contribution in [0.15, 0.2) is 33.6 Å². The van der Waals surface area contributed by atoms with Crippen LogP contribution in [-0.2, 0) is 13.5 Å². The molecule has 0 radical (unpaired) electrons. The largest absolute Gasteiger partial charge is 0.316 e. The second-order valence-corrected chi connectivity index (χ2v) is 7.18. The van der Waals surface area contributed by atoms with E-state index >= 15 is 0 Å². The molecule has 2 rings (SSSR count). The summed E-state index contributed by atoms with van der Waals surface area (Å²) in [5.74, 6) is 0.976. The number of aromatic nitrogens is 2. The van der Waals surface area contributed by atoms with Crippen LogP contribution in [0.1, 0.15) is 11.3 Å². The Morgan fingerprint density at radius 1 is 1.43 bits per heavy atom. The fraction of sp³-hybridized carbons (Fsp3) is 0.400. The third kappa shape index (κ3) is 4.25. The van der Waals surface area contributed by atoms with Crippen molar-refractivity contribution in [2.75, 3.05) is 12.8 Å². The van der Waals surface area contributed by atoms with E-state index in [0.29, 0.717) is 6.04 Å². The van der Waals surface area contributed by atoms with Gasteiger partial charge < -0.3 is 5.32 Å². The van der Waals surface area contributed by atoms with Crippen molar-refractivity contribution in [3.05, 3.63) is 45.1 Å². The molecular weight excluding hydrogens is 370 g/mol. The van der Waals surface area contributed by atoms with Gasteiger partial charge in [0.1, 0.15) is 5.15 Å². The number of thioether (sulfide) groups is 1.